The van der Waals surface area contributed by atoms with Crippen LogP contribution in [0.3, 0.4) is 0 Å². The van der Waals surface area contributed by atoms with Crippen molar-refractivity contribution in [2.45, 2.75) is 25.7 Å². The van der Waals surface area contributed by atoms with Crippen molar-refractivity contribution in [1.82, 2.24) is 4.31 Å². The maximum absolute atomic E-state index is 13.0. The minimum Gasteiger partial charge on any atom is -0.369 e. The summed E-state index contributed by atoms with van der Waals surface area (Å²) in [6, 6.07) is 13.1. The normalized spacial score (nSPS) is 15.6. The molecule has 2 aromatic carbocycles. The first-order chi connectivity index (χ1) is 12.8. The zero-order valence-corrected chi connectivity index (χ0v) is 16.7. The van der Waals surface area contributed by atoms with Gasteiger partial charge in [-0.3, -0.25) is 4.79 Å². The average Bonchev–Trinajstić information content (AvgIpc) is 2.63. The van der Waals surface area contributed by atoms with Crippen molar-refractivity contribution in [3.8, 4) is 0 Å². The van der Waals surface area contributed by atoms with Crippen molar-refractivity contribution >= 4 is 27.3 Å². The molecule has 0 saturated carbocycles. The van der Waals surface area contributed by atoms with Crippen LogP contribution in [0.1, 0.15) is 18.1 Å². The third-order valence-electron chi connectivity index (χ3n) is 4.73. The van der Waals surface area contributed by atoms with Crippen molar-refractivity contribution in [2.75, 3.05) is 36.4 Å². The number of benzene rings is 2. The number of rotatable bonds is 4. The summed E-state index contributed by atoms with van der Waals surface area (Å²) in [6.07, 6.45) is 0. The minimum absolute atomic E-state index is 0.114. The Morgan fingerprint density at radius 2 is 1.70 bits per heavy atom. The second-order valence-corrected chi connectivity index (χ2v) is 8.80. The van der Waals surface area contributed by atoms with Gasteiger partial charge in [0.2, 0.25) is 15.9 Å². The molecule has 27 heavy (non-hydrogen) atoms. The monoisotopic (exact) mass is 387 g/mol. The van der Waals surface area contributed by atoms with Gasteiger partial charge in [-0.15, -0.1) is 0 Å². The maximum atomic E-state index is 13.0. The molecule has 0 atom stereocenters. The van der Waals surface area contributed by atoms with E-state index in [4.69, 9.17) is 0 Å². The van der Waals surface area contributed by atoms with E-state index in [2.05, 4.69) is 10.2 Å². The van der Waals surface area contributed by atoms with E-state index in [1.54, 1.807) is 10.4 Å². The molecule has 0 spiro atoms. The number of sulfonamides is 1. The summed E-state index contributed by atoms with van der Waals surface area (Å²) in [5.74, 6) is -0.114. The second-order valence-electron chi connectivity index (χ2n) is 6.89. The van der Waals surface area contributed by atoms with Gasteiger partial charge in [0.1, 0.15) is 0 Å². The van der Waals surface area contributed by atoms with Crippen molar-refractivity contribution in [3.05, 3.63) is 53.6 Å². The highest BCUT2D eigenvalue weighted by Crippen LogP contribution is 2.25. The third-order valence-corrected chi connectivity index (χ3v) is 6.77. The first-order valence-corrected chi connectivity index (χ1v) is 10.4. The first-order valence-electron chi connectivity index (χ1n) is 8.97. The van der Waals surface area contributed by atoms with Crippen molar-refractivity contribution in [3.63, 3.8) is 0 Å². The fourth-order valence-electron chi connectivity index (χ4n) is 3.29. The molecule has 144 valence electrons. The van der Waals surface area contributed by atoms with Gasteiger partial charge in [0.15, 0.2) is 0 Å². The number of piperazine rings is 1. The maximum Gasteiger partial charge on any atom is 0.243 e. The molecule has 1 aliphatic heterocycles. The molecule has 3 rings (SSSR count). The van der Waals surface area contributed by atoms with Crippen molar-refractivity contribution in [1.29, 1.82) is 0 Å². The summed E-state index contributed by atoms with van der Waals surface area (Å²) < 4.78 is 27.6. The lowest BCUT2D eigenvalue weighted by atomic mass is 10.2. The van der Waals surface area contributed by atoms with Crippen LogP contribution in [0.15, 0.2) is 47.4 Å². The van der Waals surface area contributed by atoms with Crippen LogP contribution in [0.4, 0.5) is 11.4 Å². The average molecular weight is 388 g/mol. The molecule has 1 aliphatic rings. The lowest BCUT2D eigenvalue weighted by Gasteiger charge is -2.35. The van der Waals surface area contributed by atoms with Gasteiger partial charge in [0, 0.05) is 44.5 Å². The molecular formula is C20H25N3O3S. The van der Waals surface area contributed by atoms with E-state index < -0.39 is 10.0 Å². The van der Waals surface area contributed by atoms with Gasteiger partial charge in [0.25, 0.3) is 0 Å². The van der Waals surface area contributed by atoms with Crippen LogP contribution in [0.25, 0.3) is 0 Å². The summed E-state index contributed by atoms with van der Waals surface area (Å²) in [4.78, 5) is 13.8. The Hall–Kier alpha value is -2.38. The van der Waals surface area contributed by atoms with E-state index in [1.807, 2.05) is 50.2 Å². The number of carbonyl (C=O) groups is 1. The van der Waals surface area contributed by atoms with Crippen molar-refractivity contribution in [2.24, 2.45) is 0 Å². The van der Waals surface area contributed by atoms with Gasteiger partial charge in [-0.25, -0.2) is 8.42 Å². The molecule has 2 aromatic rings. The summed E-state index contributed by atoms with van der Waals surface area (Å²) >= 11 is 0. The van der Waals surface area contributed by atoms with Crippen LogP contribution in [-0.4, -0.2) is 44.8 Å². The number of amides is 1. The van der Waals surface area contributed by atoms with E-state index in [0.717, 1.165) is 22.5 Å². The minimum atomic E-state index is -3.50. The van der Waals surface area contributed by atoms with Crippen LogP contribution in [0.5, 0.6) is 0 Å². The Balaban J connectivity index is 1.73. The standard InChI is InChI=1S/C20H25N3O3S/c1-15-7-8-16(2)20(13-15)27(25,26)23-11-9-22(10-12-23)19-6-4-5-18(14-19)21-17(3)24/h4-8,13-14H,9-12H2,1-3H3,(H,21,24). The molecule has 1 N–H and O–H groups in total. The number of nitrogens with one attached hydrogen (secondary N) is 1. The number of nitrogens with zero attached hydrogens (tertiary/aromatic N) is 2. The highest BCUT2D eigenvalue weighted by atomic mass is 32.2. The van der Waals surface area contributed by atoms with Gasteiger partial charge < -0.3 is 10.2 Å². The Kier molecular flexibility index (Phi) is 5.53. The molecule has 1 saturated heterocycles. The second kappa shape index (κ2) is 7.70. The van der Waals surface area contributed by atoms with Crippen molar-refractivity contribution < 1.29 is 13.2 Å². The quantitative estimate of drug-likeness (QED) is 0.876. The molecular weight excluding hydrogens is 362 g/mol. The Bertz CT molecular complexity index is 949. The van der Waals surface area contributed by atoms with Gasteiger partial charge >= 0.3 is 0 Å². The molecule has 1 heterocycles. The molecule has 1 amide bonds. The summed E-state index contributed by atoms with van der Waals surface area (Å²) in [5.41, 5.74) is 3.43. The molecule has 1 fully saturated rings. The van der Waals surface area contributed by atoms with Crippen LogP contribution >= 0.6 is 0 Å². The lowest BCUT2D eigenvalue weighted by Crippen LogP contribution is -2.48. The molecule has 0 radical (unpaired) electrons. The van der Waals surface area contributed by atoms with E-state index in [1.165, 1.54) is 6.92 Å². The van der Waals surface area contributed by atoms with Crippen LogP contribution in [0.2, 0.25) is 0 Å². The summed E-state index contributed by atoms with van der Waals surface area (Å²) in [5, 5.41) is 2.78. The van der Waals surface area contributed by atoms with E-state index >= 15 is 0 Å². The molecule has 0 unspecified atom stereocenters. The van der Waals surface area contributed by atoms with E-state index in [0.29, 0.717) is 31.1 Å². The Morgan fingerprint density at radius 1 is 1.00 bits per heavy atom. The van der Waals surface area contributed by atoms with Gasteiger partial charge in [-0.1, -0.05) is 18.2 Å². The number of carbonyl (C=O) groups excluding carboxylic acids is 1. The SMILES string of the molecule is CC(=O)Nc1cccc(N2CCN(S(=O)(=O)c3cc(C)ccc3C)CC2)c1. The van der Waals surface area contributed by atoms with Gasteiger partial charge in [-0.05, 0) is 49.2 Å². The predicted molar refractivity (Wildman–Crippen MR) is 108 cm³/mol. The zero-order chi connectivity index (χ0) is 19.6. The van der Waals surface area contributed by atoms with Crippen LogP contribution < -0.4 is 10.2 Å². The number of anilines is 2. The summed E-state index contributed by atoms with van der Waals surface area (Å²) in [6.45, 7) is 7.28. The molecule has 0 aliphatic carbocycles. The number of hydrogen-bond donors (Lipinski definition) is 1. The fraction of sp³-hybridized carbons (Fsp3) is 0.350. The highest BCUT2D eigenvalue weighted by Gasteiger charge is 2.29. The first kappa shape index (κ1) is 19.4. The Labute approximate surface area is 160 Å². The largest absolute Gasteiger partial charge is 0.369 e. The summed E-state index contributed by atoms with van der Waals surface area (Å²) in [7, 11) is -3.50. The topological polar surface area (TPSA) is 69.7 Å². The van der Waals surface area contributed by atoms with Gasteiger partial charge in [0.05, 0.1) is 4.90 Å². The fourth-order valence-corrected chi connectivity index (χ4v) is 5.03. The van der Waals surface area contributed by atoms with E-state index in [9.17, 15) is 13.2 Å². The molecule has 6 nitrogen and oxygen atoms in total. The number of hydrogen-bond acceptors (Lipinski definition) is 4. The molecule has 0 bridgehead atoms. The van der Waals surface area contributed by atoms with Crippen LogP contribution in [-0.2, 0) is 14.8 Å². The molecule has 7 heteroatoms. The number of aryl methyl sites for hydroxylation is 2. The van der Waals surface area contributed by atoms with Crippen LogP contribution in [0, 0.1) is 13.8 Å². The van der Waals surface area contributed by atoms with E-state index in [-0.39, 0.29) is 5.91 Å². The third kappa shape index (κ3) is 4.31. The Morgan fingerprint density at radius 3 is 2.37 bits per heavy atom. The lowest BCUT2D eigenvalue weighted by molar-refractivity contribution is -0.114. The predicted octanol–water partition coefficient (Wildman–Crippen LogP) is 2.77. The zero-order valence-electron chi connectivity index (χ0n) is 15.9. The molecule has 0 aromatic heterocycles. The highest BCUT2D eigenvalue weighted by molar-refractivity contribution is 7.89. The smallest absolute Gasteiger partial charge is 0.243 e. The van der Waals surface area contributed by atoms with Gasteiger partial charge in [-0.2, -0.15) is 4.31 Å².